The Morgan fingerprint density at radius 2 is 2.32 bits per heavy atom. The summed E-state index contributed by atoms with van der Waals surface area (Å²) in [5, 5.41) is 9.89. The van der Waals surface area contributed by atoms with E-state index < -0.39 is 0 Å². The summed E-state index contributed by atoms with van der Waals surface area (Å²) in [7, 11) is 0. The summed E-state index contributed by atoms with van der Waals surface area (Å²) in [4.78, 5) is 10.6. The molecule has 0 bridgehead atoms. The number of hydrogen-bond donors (Lipinski definition) is 2. The van der Waals surface area contributed by atoms with Crippen LogP contribution in [0.4, 0.5) is 5.82 Å². The Labute approximate surface area is 112 Å². The lowest BCUT2D eigenvalue weighted by Gasteiger charge is -2.16. The van der Waals surface area contributed by atoms with Crippen molar-refractivity contribution >= 4 is 11.4 Å². The predicted octanol–water partition coefficient (Wildman–Crippen LogP) is 0.477. The van der Waals surface area contributed by atoms with Crippen molar-refractivity contribution in [1.29, 1.82) is 0 Å². The van der Waals surface area contributed by atoms with Gasteiger partial charge in [0.1, 0.15) is 12.1 Å². The number of likely N-dealkylation sites (tertiary alicyclic amines) is 1. The van der Waals surface area contributed by atoms with Gasteiger partial charge in [0.2, 0.25) is 0 Å². The summed E-state index contributed by atoms with van der Waals surface area (Å²) < 4.78 is 0. The van der Waals surface area contributed by atoms with Crippen molar-refractivity contribution in [3.8, 4) is 0 Å². The highest BCUT2D eigenvalue weighted by Gasteiger charge is 2.30. The highest BCUT2D eigenvalue weighted by atomic mass is 16.3. The van der Waals surface area contributed by atoms with Crippen LogP contribution in [0.2, 0.25) is 0 Å². The summed E-state index contributed by atoms with van der Waals surface area (Å²) in [5.74, 6) is 0.735. The molecule has 2 heterocycles. The quantitative estimate of drug-likeness (QED) is 0.771. The zero-order valence-electron chi connectivity index (χ0n) is 10.8. The molecule has 5 heteroatoms. The summed E-state index contributed by atoms with van der Waals surface area (Å²) >= 11 is 0. The van der Waals surface area contributed by atoms with Crippen LogP contribution in [0, 0.1) is 5.92 Å². The van der Waals surface area contributed by atoms with E-state index in [4.69, 9.17) is 5.73 Å². The maximum Gasteiger partial charge on any atom is 0.130 e. The standard InChI is InChI=1S/C14H18N4O/c1-2-9-5-18(7-12(9)19)6-10-3-4-11-13(10)16-8-17-14(11)15/h2-3,8-9,12,19H,1,4-7H2,(H2,15,16,17)/t9?,12-/m0/s1. The van der Waals surface area contributed by atoms with E-state index in [-0.39, 0.29) is 12.0 Å². The van der Waals surface area contributed by atoms with Crippen molar-refractivity contribution in [1.82, 2.24) is 14.9 Å². The number of aliphatic hydroxyl groups is 1. The summed E-state index contributed by atoms with van der Waals surface area (Å²) in [6.07, 6.45) is 6.00. The van der Waals surface area contributed by atoms with Crippen LogP contribution in [0.5, 0.6) is 0 Å². The Kier molecular flexibility index (Phi) is 3.08. The van der Waals surface area contributed by atoms with Crippen molar-refractivity contribution < 1.29 is 5.11 Å². The Bertz CT molecular complexity index is 540. The van der Waals surface area contributed by atoms with Gasteiger partial charge in [0.05, 0.1) is 11.8 Å². The number of anilines is 1. The van der Waals surface area contributed by atoms with Crippen LogP contribution in [0.1, 0.15) is 11.3 Å². The Morgan fingerprint density at radius 3 is 3.05 bits per heavy atom. The van der Waals surface area contributed by atoms with E-state index in [2.05, 4.69) is 27.5 Å². The van der Waals surface area contributed by atoms with Crippen LogP contribution < -0.4 is 5.73 Å². The molecule has 3 N–H and O–H groups in total. The normalized spacial score (nSPS) is 26.3. The number of nitrogen functional groups attached to an aromatic ring is 1. The van der Waals surface area contributed by atoms with E-state index in [1.165, 1.54) is 11.9 Å². The van der Waals surface area contributed by atoms with Gasteiger partial charge in [-0.25, -0.2) is 9.97 Å². The van der Waals surface area contributed by atoms with Gasteiger partial charge in [-0.15, -0.1) is 6.58 Å². The van der Waals surface area contributed by atoms with Crippen molar-refractivity contribution in [2.75, 3.05) is 25.4 Å². The number of aromatic nitrogens is 2. The maximum absolute atomic E-state index is 9.89. The van der Waals surface area contributed by atoms with Gasteiger partial charge < -0.3 is 10.8 Å². The molecule has 1 aliphatic carbocycles. The molecular weight excluding hydrogens is 240 g/mol. The number of fused-ring (bicyclic) bond motifs is 1. The molecule has 19 heavy (non-hydrogen) atoms. The summed E-state index contributed by atoms with van der Waals surface area (Å²) in [6, 6.07) is 0. The van der Waals surface area contributed by atoms with Gasteiger partial charge in [-0.05, 0) is 12.0 Å². The predicted molar refractivity (Wildman–Crippen MR) is 74.3 cm³/mol. The SMILES string of the molecule is C=CC1CN(CC2=CCc3c(N)ncnc32)C[C@@H]1O. The fourth-order valence-corrected chi connectivity index (χ4v) is 2.86. The molecule has 2 atom stereocenters. The van der Waals surface area contributed by atoms with Gasteiger partial charge in [-0.3, -0.25) is 4.90 Å². The van der Waals surface area contributed by atoms with Gasteiger partial charge in [0, 0.05) is 31.1 Å². The third kappa shape index (κ3) is 2.15. The topological polar surface area (TPSA) is 75.3 Å². The highest BCUT2D eigenvalue weighted by molar-refractivity contribution is 5.74. The molecule has 2 aliphatic rings. The minimum Gasteiger partial charge on any atom is -0.391 e. The van der Waals surface area contributed by atoms with E-state index in [0.717, 1.165) is 30.8 Å². The average Bonchev–Trinajstić information content (AvgIpc) is 2.95. The lowest BCUT2D eigenvalue weighted by molar-refractivity contribution is 0.159. The maximum atomic E-state index is 9.89. The molecule has 1 fully saturated rings. The zero-order valence-corrected chi connectivity index (χ0v) is 10.8. The third-order valence-corrected chi connectivity index (χ3v) is 3.94. The lowest BCUT2D eigenvalue weighted by Crippen LogP contribution is -2.24. The first-order chi connectivity index (χ1) is 9.19. The minimum absolute atomic E-state index is 0.164. The smallest absolute Gasteiger partial charge is 0.130 e. The van der Waals surface area contributed by atoms with Crippen molar-refractivity contribution in [2.24, 2.45) is 5.92 Å². The number of rotatable bonds is 3. The van der Waals surface area contributed by atoms with Crippen LogP contribution in [0.25, 0.3) is 5.57 Å². The molecular formula is C14H18N4O. The second-order valence-electron chi connectivity index (χ2n) is 5.18. The first-order valence-corrected chi connectivity index (χ1v) is 6.50. The van der Waals surface area contributed by atoms with E-state index in [0.29, 0.717) is 12.4 Å². The minimum atomic E-state index is -0.311. The largest absolute Gasteiger partial charge is 0.391 e. The second-order valence-corrected chi connectivity index (χ2v) is 5.18. The first-order valence-electron chi connectivity index (χ1n) is 6.50. The molecule has 0 aromatic carbocycles. The Hall–Kier alpha value is -1.72. The molecule has 1 aliphatic heterocycles. The average molecular weight is 258 g/mol. The molecule has 100 valence electrons. The van der Waals surface area contributed by atoms with Crippen molar-refractivity contribution in [3.05, 3.63) is 36.3 Å². The zero-order chi connectivity index (χ0) is 13.4. The molecule has 1 aromatic rings. The molecule has 0 radical (unpaired) electrons. The van der Waals surface area contributed by atoms with E-state index in [1.807, 2.05) is 6.08 Å². The Morgan fingerprint density at radius 1 is 1.47 bits per heavy atom. The van der Waals surface area contributed by atoms with E-state index in [9.17, 15) is 5.11 Å². The number of nitrogens with two attached hydrogens (primary N) is 1. The number of hydrogen-bond acceptors (Lipinski definition) is 5. The first kappa shape index (κ1) is 12.3. The van der Waals surface area contributed by atoms with Gasteiger partial charge in [-0.2, -0.15) is 0 Å². The van der Waals surface area contributed by atoms with Gasteiger partial charge in [0.25, 0.3) is 0 Å². The number of β-amino-alcohol motifs (C(OH)–C–C–N with tert-alkyl or cyclic N) is 1. The summed E-state index contributed by atoms with van der Waals surface area (Å²) in [5.41, 5.74) is 9.03. The third-order valence-electron chi connectivity index (χ3n) is 3.94. The van der Waals surface area contributed by atoms with Crippen molar-refractivity contribution in [3.63, 3.8) is 0 Å². The number of nitrogens with zero attached hydrogens (tertiary/aromatic N) is 3. The molecule has 5 nitrogen and oxygen atoms in total. The number of aliphatic hydroxyl groups excluding tert-OH is 1. The highest BCUT2D eigenvalue weighted by Crippen LogP contribution is 2.30. The van der Waals surface area contributed by atoms with Crippen LogP contribution in [-0.4, -0.2) is 45.7 Å². The fourth-order valence-electron chi connectivity index (χ4n) is 2.86. The van der Waals surface area contributed by atoms with Crippen LogP contribution >= 0.6 is 0 Å². The monoisotopic (exact) mass is 258 g/mol. The molecule has 0 spiro atoms. The van der Waals surface area contributed by atoms with Gasteiger partial charge >= 0.3 is 0 Å². The van der Waals surface area contributed by atoms with E-state index in [1.54, 1.807) is 0 Å². The molecule has 1 saturated heterocycles. The number of allylic oxidation sites excluding steroid dienone is 1. The lowest BCUT2D eigenvalue weighted by atomic mass is 10.1. The fraction of sp³-hybridized carbons (Fsp3) is 0.429. The molecule has 0 amide bonds. The van der Waals surface area contributed by atoms with Gasteiger partial charge in [-0.1, -0.05) is 12.2 Å². The van der Waals surface area contributed by atoms with Crippen LogP contribution in [0.3, 0.4) is 0 Å². The van der Waals surface area contributed by atoms with E-state index >= 15 is 0 Å². The molecule has 1 aromatic heterocycles. The second kappa shape index (κ2) is 4.75. The van der Waals surface area contributed by atoms with Crippen LogP contribution in [-0.2, 0) is 6.42 Å². The molecule has 1 unspecified atom stereocenters. The van der Waals surface area contributed by atoms with Gasteiger partial charge in [0.15, 0.2) is 0 Å². The van der Waals surface area contributed by atoms with Crippen molar-refractivity contribution in [2.45, 2.75) is 12.5 Å². The molecule has 0 saturated carbocycles. The van der Waals surface area contributed by atoms with Crippen LogP contribution in [0.15, 0.2) is 25.1 Å². The summed E-state index contributed by atoms with van der Waals surface area (Å²) in [6.45, 7) is 6.09. The Balaban J connectivity index is 1.74. The molecule has 3 rings (SSSR count).